The van der Waals surface area contributed by atoms with Crippen LogP contribution in [-0.2, 0) is 13.1 Å². The van der Waals surface area contributed by atoms with Gasteiger partial charge in [-0.15, -0.1) is 11.3 Å². The second kappa shape index (κ2) is 5.82. The largest absolute Gasteiger partial charge is 0.308 e. The van der Waals surface area contributed by atoms with Gasteiger partial charge in [-0.05, 0) is 45.1 Å². The van der Waals surface area contributed by atoms with Gasteiger partial charge in [-0.25, -0.2) is 0 Å². The minimum Gasteiger partial charge on any atom is -0.308 e. The SMILES string of the molecule is Clc1ccc(CNCc2cccs2)cc1Br. The first kappa shape index (κ1) is 12.1. The number of hydrogen-bond donors (Lipinski definition) is 1. The highest BCUT2D eigenvalue weighted by atomic mass is 79.9. The van der Waals surface area contributed by atoms with Gasteiger partial charge in [0.15, 0.2) is 0 Å². The van der Waals surface area contributed by atoms with E-state index < -0.39 is 0 Å². The number of benzene rings is 1. The Balaban J connectivity index is 1.87. The molecule has 2 aromatic rings. The van der Waals surface area contributed by atoms with E-state index in [-0.39, 0.29) is 0 Å². The number of thiophene rings is 1. The third-order valence-corrected chi connectivity index (χ3v) is 4.28. The van der Waals surface area contributed by atoms with Crippen molar-refractivity contribution in [3.63, 3.8) is 0 Å². The van der Waals surface area contributed by atoms with Crippen molar-refractivity contribution in [1.29, 1.82) is 0 Å². The maximum absolute atomic E-state index is 5.93. The molecule has 0 aliphatic rings. The molecule has 0 radical (unpaired) electrons. The molecule has 0 saturated carbocycles. The van der Waals surface area contributed by atoms with E-state index in [0.717, 1.165) is 22.6 Å². The summed E-state index contributed by atoms with van der Waals surface area (Å²) in [6, 6.07) is 10.2. The van der Waals surface area contributed by atoms with Gasteiger partial charge in [0, 0.05) is 22.4 Å². The minimum absolute atomic E-state index is 0.752. The average Bonchev–Trinajstić information content (AvgIpc) is 2.76. The Labute approximate surface area is 113 Å². The number of halogens is 2. The molecule has 1 aromatic carbocycles. The average molecular weight is 317 g/mol. The van der Waals surface area contributed by atoms with Crippen LogP contribution < -0.4 is 5.32 Å². The van der Waals surface area contributed by atoms with Crippen LogP contribution in [0.1, 0.15) is 10.4 Å². The normalized spacial score (nSPS) is 10.6. The molecule has 0 bridgehead atoms. The fraction of sp³-hybridized carbons (Fsp3) is 0.167. The molecule has 0 spiro atoms. The van der Waals surface area contributed by atoms with Crippen LogP contribution in [0.3, 0.4) is 0 Å². The highest BCUT2D eigenvalue weighted by Crippen LogP contribution is 2.23. The van der Waals surface area contributed by atoms with E-state index in [2.05, 4.69) is 38.8 Å². The number of hydrogen-bond acceptors (Lipinski definition) is 2. The highest BCUT2D eigenvalue weighted by Gasteiger charge is 1.99. The van der Waals surface area contributed by atoms with Gasteiger partial charge >= 0.3 is 0 Å². The Morgan fingerprint density at radius 1 is 1.25 bits per heavy atom. The van der Waals surface area contributed by atoms with Gasteiger partial charge in [0.05, 0.1) is 5.02 Å². The second-order valence-electron chi connectivity index (χ2n) is 3.43. The van der Waals surface area contributed by atoms with E-state index >= 15 is 0 Å². The minimum atomic E-state index is 0.752. The van der Waals surface area contributed by atoms with Crippen LogP contribution in [0.15, 0.2) is 40.2 Å². The molecule has 0 atom stereocenters. The topological polar surface area (TPSA) is 12.0 Å². The van der Waals surface area contributed by atoms with Crippen LogP contribution in [0.2, 0.25) is 5.02 Å². The molecule has 0 aliphatic carbocycles. The molecule has 0 unspecified atom stereocenters. The summed E-state index contributed by atoms with van der Waals surface area (Å²) in [6.07, 6.45) is 0. The highest BCUT2D eigenvalue weighted by molar-refractivity contribution is 9.10. The molecule has 4 heteroatoms. The Hall–Kier alpha value is -0.350. The van der Waals surface area contributed by atoms with Gasteiger partial charge in [0.1, 0.15) is 0 Å². The lowest BCUT2D eigenvalue weighted by molar-refractivity contribution is 0.701. The Kier molecular flexibility index (Phi) is 4.41. The van der Waals surface area contributed by atoms with Crippen LogP contribution in [-0.4, -0.2) is 0 Å². The van der Waals surface area contributed by atoms with Crippen molar-refractivity contribution in [2.45, 2.75) is 13.1 Å². The molecule has 1 nitrogen and oxygen atoms in total. The number of rotatable bonds is 4. The lowest BCUT2D eigenvalue weighted by Gasteiger charge is -2.04. The van der Waals surface area contributed by atoms with Crippen molar-refractivity contribution in [2.75, 3.05) is 0 Å². The smallest absolute Gasteiger partial charge is 0.0548 e. The van der Waals surface area contributed by atoms with Crippen molar-refractivity contribution in [3.05, 3.63) is 55.6 Å². The first-order chi connectivity index (χ1) is 7.75. The molecule has 0 saturated heterocycles. The maximum atomic E-state index is 5.93. The van der Waals surface area contributed by atoms with Crippen LogP contribution in [0.25, 0.3) is 0 Å². The zero-order chi connectivity index (χ0) is 11.4. The van der Waals surface area contributed by atoms with Crippen molar-refractivity contribution >= 4 is 38.9 Å². The predicted molar refractivity (Wildman–Crippen MR) is 74.0 cm³/mol. The summed E-state index contributed by atoms with van der Waals surface area (Å²) in [5.74, 6) is 0. The lowest BCUT2D eigenvalue weighted by atomic mass is 10.2. The summed E-state index contributed by atoms with van der Waals surface area (Å²) in [4.78, 5) is 1.35. The monoisotopic (exact) mass is 315 g/mol. The van der Waals surface area contributed by atoms with Crippen molar-refractivity contribution in [1.82, 2.24) is 5.32 Å². The molecule has 1 heterocycles. The van der Waals surface area contributed by atoms with Gasteiger partial charge < -0.3 is 5.32 Å². The Morgan fingerprint density at radius 3 is 2.81 bits per heavy atom. The van der Waals surface area contributed by atoms with Crippen molar-refractivity contribution < 1.29 is 0 Å². The maximum Gasteiger partial charge on any atom is 0.0548 e. The standard InChI is InChI=1S/C12H11BrClNS/c13-11-6-9(3-4-12(11)14)7-15-8-10-2-1-5-16-10/h1-6,15H,7-8H2. The zero-order valence-corrected chi connectivity index (χ0v) is 11.7. The Bertz CT molecular complexity index is 456. The fourth-order valence-electron chi connectivity index (χ4n) is 1.39. The van der Waals surface area contributed by atoms with Gasteiger partial charge in [0.25, 0.3) is 0 Å². The van der Waals surface area contributed by atoms with E-state index in [1.165, 1.54) is 10.4 Å². The lowest BCUT2D eigenvalue weighted by Crippen LogP contribution is -2.11. The fourth-order valence-corrected chi connectivity index (χ4v) is 2.61. The van der Waals surface area contributed by atoms with E-state index in [1.807, 2.05) is 18.2 Å². The molecule has 2 rings (SSSR count). The summed E-state index contributed by atoms with van der Waals surface area (Å²) in [5, 5.41) is 6.24. The Morgan fingerprint density at radius 2 is 2.12 bits per heavy atom. The number of nitrogens with one attached hydrogen (secondary N) is 1. The molecule has 16 heavy (non-hydrogen) atoms. The van der Waals surface area contributed by atoms with Crippen molar-refractivity contribution in [2.24, 2.45) is 0 Å². The molecular formula is C12H11BrClNS. The van der Waals surface area contributed by atoms with Crippen LogP contribution in [0.5, 0.6) is 0 Å². The predicted octanol–water partition coefficient (Wildman–Crippen LogP) is 4.45. The molecule has 0 aliphatic heterocycles. The summed E-state index contributed by atoms with van der Waals surface area (Å²) in [6.45, 7) is 1.77. The molecule has 84 valence electrons. The quantitative estimate of drug-likeness (QED) is 0.878. The van der Waals surface area contributed by atoms with Crippen LogP contribution >= 0.6 is 38.9 Å². The molecule has 0 amide bonds. The van der Waals surface area contributed by atoms with Gasteiger partial charge in [-0.1, -0.05) is 23.7 Å². The third-order valence-electron chi connectivity index (χ3n) is 2.19. The molecule has 1 aromatic heterocycles. The summed E-state index contributed by atoms with van der Waals surface area (Å²) < 4.78 is 0.949. The van der Waals surface area contributed by atoms with E-state index in [4.69, 9.17) is 11.6 Å². The van der Waals surface area contributed by atoms with E-state index in [9.17, 15) is 0 Å². The van der Waals surface area contributed by atoms with E-state index in [0.29, 0.717) is 0 Å². The van der Waals surface area contributed by atoms with Gasteiger partial charge in [0.2, 0.25) is 0 Å². The van der Waals surface area contributed by atoms with Gasteiger partial charge in [-0.2, -0.15) is 0 Å². The summed E-state index contributed by atoms with van der Waals surface area (Å²) >= 11 is 11.1. The summed E-state index contributed by atoms with van der Waals surface area (Å²) in [5.41, 5.74) is 1.23. The molecular weight excluding hydrogens is 306 g/mol. The van der Waals surface area contributed by atoms with Gasteiger partial charge in [-0.3, -0.25) is 0 Å². The second-order valence-corrected chi connectivity index (χ2v) is 5.73. The zero-order valence-electron chi connectivity index (χ0n) is 8.54. The first-order valence-corrected chi connectivity index (χ1v) is 6.98. The summed E-state index contributed by atoms with van der Waals surface area (Å²) in [7, 11) is 0. The van der Waals surface area contributed by atoms with Crippen LogP contribution in [0.4, 0.5) is 0 Å². The van der Waals surface area contributed by atoms with Crippen LogP contribution in [0, 0.1) is 0 Å². The first-order valence-electron chi connectivity index (χ1n) is 4.93. The third kappa shape index (κ3) is 3.32. The van der Waals surface area contributed by atoms with Crippen molar-refractivity contribution in [3.8, 4) is 0 Å². The molecule has 0 fully saturated rings. The molecule has 1 N–H and O–H groups in total. The van der Waals surface area contributed by atoms with E-state index in [1.54, 1.807) is 11.3 Å².